The SMILES string of the molecule is CCC(CC)N(CC(C)C)S(=O)(=O)N1CCC(CO)CC1. The smallest absolute Gasteiger partial charge is 0.282 e. The third kappa shape index (κ3) is 4.91. The summed E-state index contributed by atoms with van der Waals surface area (Å²) in [6.45, 7) is 10.0. The molecule has 1 saturated heterocycles. The number of hydrogen-bond donors (Lipinski definition) is 1. The second kappa shape index (κ2) is 8.46. The molecule has 1 rings (SSSR count). The van der Waals surface area contributed by atoms with Gasteiger partial charge in [0.15, 0.2) is 0 Å². The van der Waals surface area contributed by atoms with Crippen molar-refractivity contribution >= 4 is 10.2 Å². The van der Waals surface area contributed by atoms with Crippen molar-refractivity contribution in [1.29, 1.82) is 0 Å². The summed E-state index contributed by atoms with van der Waals surface area (Å²) in [5.41, 5.74) is 0. The summed E-state index contributed by atoms with van der Waals surface area (Å²) >= 11 is 0. The first-order valence-electron chi connectivity index (χ1n) is 8.24. The average molecular weight is 320 g/mol. The first-order valence-corrected chi connectivity index (χ1v) is 9.64. The molecule has 0 bridgehead atoms. The van der Waals surface area contributed by atoms with E-state index in [0.717, 1.165) is 25.7 Å². The van der Waals surface area contributed by atoms with Gasteiger partial charge in [0.1, 0.15) is 0 Å². The zero-order valence-electron chi connectivity index (χ0n) is 14.0. The summed E-state index contributed by atoms with van der Waals surface area (Å²) in [6, 6.07) is 0.0768. The van der Waals surface area contributed by atoms with Crippen LogP contribution < -0.4 is 0 Å². The Balaban J connectivity index is 2.88. The van der Waals surface area contributed by atoms with Crippen LogP contribution >= 0.6 is 0 Å². The van der Waals surface area contributed by atoms with Crippen LogP contribution in [0.4, 0.5) is 0 Å². The fourth-order valence-electron chi connectivity index (χ4n) is 2.96. The van der Waals surface area contributed by atoms with Crippen LogP contribution in [0.3, 0.4) is 0 Å². The highest BCUT2D eigenvalue weighted by Crippen LogP contribution is 2.24. The second-order valence-corrected chi connectivity index (χ2v) is 8.35. The third-order valence-corrected chi connectivity index (χ3v) is 6.41. The number of aliphatic hydroxyl groups excluding tert-OH is 1. The van der Waals surface area contributed by atoms with E-state index in [-0.39, 0.29) is 18.6 Å². The molecule has 21 heavy (non-hydrogen) atoms. The van der Waals surface area contributed by atoms with Crippen molar-refractivity contribution in [1.82, 2.24) is 8.61 Å². The Labute approximate surface area is 130 Å². The Bertz CT molecular complexity index is 386. The molecule has 1 N–H and O–H groups in total. The second-order valence-electron chi connectivity index (χ2n) is 6.47. The Kier molecular flexibility index (Phi) is 7.60. The number of nitrogens with zero attached hydrogens (tertiary/aromatic N) is 2. The molecule has 0 aromatic rings. The largest absolute Gasteiger partial charge is 0.396 e. The molecule has 5 nitrogen and oxygen atoms in total. The van der Waals surface area contributed by atoms with Gasteiger partial charge in [0, 0.05) is 32.3 Å². The summed E-state index contributed by atoms with van der Waals surface area (Å²) in [4.78, 5) is 0. The van der Waals surface area contributed by atoms with Gasteiger partial charge >= 0.3 is 0 Å². The van der Waals surface area contributed by atoms with E-state index in [2.05, 4.69) is 27.7 Å². The predicted molar refractivity (Wildman–Crippen MR) is 86.2 cm³/mol. The molecule has 0 spiro atoms. The van der Waals surface area contributed by atoms with Crippen molar-refractivity contribution in [2.45, 2.75) is 59.4 Å². The van der Waals surface area contributed by atoms with Gasteiger partial charge in [-0.25, -0.2) is 0 Å². The van der Waals surface area contributed by atoms with E-state index in [9.17, 15) is 13.5 Å². The van der Waals surface area contributed by atoms with Crippen LogP contribution in [0, 0.1) is 11.8 Å². The van der Waals surface area contributed by atoms with Crippen molar-refractivity contribution in [3.63, 3.8) is 0 Å². The van der Waals surface area contributed by atoms with Crippen molar-refractivity contribution in [3.8, 4) is 0 Å². The maximum Gasteiger partial charge on any atom is 0.282 e. The zero-order valence-corrected chi connectivity index (χ0v) is 14.8. The van der Waals surface area contributed by atoms with Gasteiger partial charge in [0.25, 0.3) is 10.2 Å². The van der Waals surface area contributed by atoms with E-state index in [1.807, 2.05) is 0 Å². The molecule has 0 aliphatic carbocycles. The fourth-order valence-corrected chi connectivity index (χ4v) is 5.09. The Hall–Kier alpha value is -0.170. The molecule has 0 atom stereocenters. The summed E-state index contributed by atoms with van der Waals surface area (Å²) in [5, 5.41) is 9.19. The quantitative estimate of drug-likeness (QED) is 0.745. The van der Waals surface area contributed by atoms with Gasteiger partial charge in [-0.1, -0.05) is 27.7 Å². The lowest BCUT2D eigenvalue weighted by molar-refractivity contribution is 0.161. The highest BCUT2D eigenvalue weighted by Gasteiger charge is 2.35. The van der Waals surface area contributed by atoms with Gasteiger partial charge in [0.05, 0.1) is 0 Å². The van der Waals surface area contributed by atoms with Crippen LogP contribution in [-0.2, 0) is 10.2 Å². The molecule has 126 valence electrons. The molecule has 0 aromatic carbocycles. The lowest BCUT2D eigenvalue weighted by atomic mass is 10.00. The van der Waals surface area contributed by atoms with Crippen LogP contribution in [-0.4, -0.2) is 54.4 Å². The average Bonchev–Trinajstić information content (AvgIpc) is 2.47. The molecular weight excluding hydrogens is 288 g/mol. The van der Waals surface area contributed by atoms with Crippen LogP contribution in [0.1, 0.15) is 53.4 Å². The van der Waals surface area contributed by atoms with Gasteiger partial charge in [0.2, 0.25) is 0 Å². The number of piperidine rings is 1. The summed E-state index contributed by atoms with van der Waals surface area (Å²) < 4.78 is 29.2. The highest BCUT2D eigenvalue weighted by molar-refractivity contribution is 7.86. The molecule has 0 radical (unpaired) electrons. The minimum Gasteiger partial charge on any atom is -0.396 e. The monoisotopic (exact) mass is 320 g/mol. The molecule has 1 fully saturated rings. The van der Waals surface area contributed by atoms with Crippen LogP contribution in [0.15, 0.2) is 0 Å². The topological polar surface area (TPSA) is 60.9 Å². The van der Waals surface area contributed by atoms with Gasteiger partial charge in [-0.3, -0.25) is 0 Å². The Morgan fingerprint density at radius 2 is 1.71 bits per heavy atom. The minimum atomic E-state index is -3.39. The van der Waals surface area contributed by atoms with Gasteiger partial charge < -0.3 is 5.11 Å². The standard InChI is InChI=1S/C15H32N2O3S/c1-5-15(6-2)17(11-13(3)4)21(19,20)16-9-7-14(12-18)8-10-16/h13-15,18H,5-12H2,1-4H3. The van der Waals surface area contributed by atoms with E-state index in [4.69, 9.17) is 0 Å². The van der Waals surface area contributed by atoms with E-state index >= 15 is 0 Å². The summed E-state index contributed by atoms with van der Waals surface area (Å²) in [7, 11) is -3.39. The molecule has 0 amide bonds. The zero-order chi connectivity index (χ0) is 16.0. The summed E-state index contributed by atoms with van der Waals surface area (Å²) in [5.74, 6) is 0.568. The van der Waals surface area contributed by atoms with Crippen molar-refractivity contribution in [2.75, 3.05) is 26.2 Å². The fraction of sp³-hybridized carbons (Fsp3) is 1.00. The van der Waals surface area contributed by atoms with Crippen LogP contribution in [0.25, 0.3) is 0 Å². The maximum atomic E-state index is 13.0. The lowest BCUT2D eigenvalue weighted by Gasteiger charge is -2.38. The number of aliphatic hydroxyl groups is 1. The lowest BCUT2D eigenvalue weighted by Crippen LogP contribution is -2.51. The van der Waals surface area contributed by atoms with Crippen LogP contribution in [0.5, 0.6) is 0 Å². The first-order chi connectivity index (χ1) is 9.86. The van der Waals surface area contributed by atoms with E-state index in [0.29, 0.717) is 25.6 Å². The normalized spacial score (nSPS) is 19.0. The molecule has 0 aromatic heterocycles. The van der Waals surface area contributed by atoms with E-state index in [1.54, 1.807) is 8.61 Å². The number of hydrogen-bond acceptors (Lipinski definition) is 3. The van der Waals surface area contributed by atoms with Crippen molar-refractivity contribution < 1.29 is 13.5 Å². The number of rotatable bonds is 8. The van der Waals surface area contributed by atoms with E-state index < -0.39 is 10.2 Å². The molecule has 0 saturated carbocycles. The third-order valence-electron chi connectivity index (χ3n) is 4.35. The van der Waals surface area contributed by atoms with Gasteiger partial charge in [-0.2, -0.15) is 17.0 Å². The molecular formula is C15H32N2O3S. The Morgan fingerprint density at radius 1 is 1.19 bits per heavy atom. The van der Waals surface area contributed by atoms with Crippen molar-refractivity contribution in [3.05, 3.63) is 0 Å². The van der Waals surface area contributed by atoms with Crippen LogP contribution in [0.2, 0.25) is 0 Å². The summed E-state index contributed by atoms with van der Waals surface area (Å²) in [6.07, 6.45) is 3.20. The Morgan fingerprint density at radius 3 is 2.10 bits per heavy atom. The van der Waals surface area contributed by atoms with Gasteiger partial charge in [-0.05, 0) is 37.5 Å². The minimum absolute atomic E-state index is 0.0768. The predicted octanol–water partition coefficient (Wildman–Crippen LogP) is 2.08. The molecule has 1 aliphatic rings. The maximum absolute atomic E-state index is 13.0. The van der Waals surface area contributed by atoms with Crippen molar-refractivity contribution in [2.24, 2.45) is 11.8 Å². The van der Waals surface area contributed by atoms with E-state index in [1.165, 1.54) is 0 Å². The highest BCUT2D eigenvalue weighted by atomic mass is 32.2. The molecule has 1 heterocycles. The first kappa shape index (κ1) is 18.9. The van der Waals surface area contributed by atoms with Gasteiger partial charge in [-0.15, -0.1) is 0 Å². The molecule has 0 unspecified atom stereocenters. The molecule has 6 heteroatoms. The molecule has 1 aliphatic heterocycles.